The Morgan fingerprint density at radius 1 is 1.11 bits per heavy atom. The van der Waals surface area contributed by atoms with Gasteiger partial charge in [-0.3, -0.25) is 0 Å². The molecule has 4 heteroatoms. The monoisotopic (exact) mass is 257 g/mol. The molecule has 100 valence electrons. The van der Waals surface area contributed by atoms with Gasteiger partial charge in [0.05, 0.1) is 12.8 Å². The summed E-state index contributed by atoms with van der Waals surface area (Å²) in [6.07, 6.45) is 0.770. The molecule has 0 aliphatic carbocycles. The van der Waals surface area contributed by atoms with Crippen LogP contribution in [0.2, 0.25) is 0 Å². The number of rotatable bonds is 3. The van der Waals surface area contributed by atoms with Crippen LogP contribution in [0.15, 0.2) is 18.2 Å². The molecule has 0 atom stereocenters. The minimum atomic E-state index is 0.509. The second-order valence-corrected chi connectivity index (χ2v) is 4.58. The smallest absolute Gasteiger partial charge is 0.131 e. The number of benzene rings is 1. The third-order valence-corrected chi connectivity index (χ3v) is 3.13. The Balaban J connectivity index is 2.58. The fraction of sp³-hybridized carbons (Fsp3) is 0.333. The van der Waals surface area contributed by atoms with Crippen molar-refractivity contribution in [3.05, 3.63) is 35.2 Å². The molecule has 0 saturated carbocycles. The molecule has 0 unspecified atom stereocenters. The van der Waals surface area contributed by atoms with Crippen molar-refractivity contribution in [1.82, 2.24) is 9.97 Å². The van der Waals surface area contributed by atoms with Crippen LogP contribution >= 0.6 is 0 Å². The van der Waals surface area contributed by atoms with E-state index in [1.165, 1.54) is 0 Å². The highest BCUT2D eigenvalue weighted by Crippen LogP contribution is 2.29. The van der Waals surface area contributed by atoms with Gasteiger partial charge in [0, 0.05) is 18.1 Å². The zero-order chi connectivity index (χ0) is 14.0. The number of nitrogens with zero attached hydrogens (tertiary/aromatic N) is 2. The zero-order valence-corrected chi connectivity index (χ0v) is 11.8. The lowest BCUT2D eigenvalue weighted by atomic mass is 10.0. The maximum Gasteiger partial charge on any atom is 0.131 e. The van der Waals surface area contributed by atoms with E-state index >= 15 is 0 Å². The van der Waals surface area contributed by atoms with Crippen molar-refractivity contribution in [3.8, 4) is 17.0 Å². The number of hydrogen-bond acceptors (Lipinski definition) is 4. The van der Waals surface area contributed by atoms with Crippen molar-refractivity contribution in [3.63, 3.8) is 0 Å². The van der Waals surface area contributed by atoms with Crippen molar-refractivity contribution < 1.29 is 4.74 Å². The fourth-order valence-corrected chi connectivity index (χ4v) is 2.10. The molecular weight excluding hydrogens is 238 g/mol. The lowest BCUT2D eigenvalue weighted by Crippen LogP contribution is -2.01. The molecule has 2 rings (SSSR count). The molecule has 0 aliphatic rings. The van der Waals surface area contributed by atoms with Crippen LogP contribution in [0, 0.1) is 13.8 Å². The van der Waals surface area contributed by atoms with Crippen LogP contribution in [0.1, 0.15) is 23.9 Å². The molecule has 4 nitrogen and oxygen atoms in total. The molecule has 0 amide bonds. The lowest BCUT2D eigenvalue weighted by Gasteiger charge is -2.12. The van der Waals surface area contributed by atoms with Crippen LogP contribution in [-0.4, -0.2) is 17.1 Å². The minimum Gasteiger partial charge on any atom is -0.496 e. The highest BCUT2D eigenvalue weighted by atomic mass is 16.5. The quantitative estimate of drug-likeness (QED) is 0.918. The molecule has 0 bridgehead atoms. The van der Waals surface area contributed by atoms with E-state index in [0.717, 1.165) is 40.4 Å². The van der Waals surface area contributed by atoms with Crippen molar-refractivity contribution in [1.29, 1.82) is 0 Å². The van der Waals surface area contributed by atoms with E-state index < -0.39 is 0 Å². The number of methoxy groups -OCH3 is 1. The molecule has 0 saturated heterocycles. The van der Waals surface area contributed by atoms with Crippen molar-refractivity contribution in [2.45, 2.75) is 27.2 Å². The van der Waals surface area contributed by atoms with Gasteiger partial charge in [-0.1, -0.05) is 6.92 Å². The number of nitrogen functional groups attached to an aromatic ring is 1. The van der Waals surface area contributed by atoms with Gasteiger partial charge < -0.3 is 10.5 Å². The van der Waals surface area contributed by atoms with E-state index in [4.69, 9.17) is 10.5 Å². The number of hydrogen-bond donors (Lipinski definition) is 1. The van der Waals surface area contributed by atoms with Gasteiger partial charge in [0.1, 0.15) is 17.4 Å². The Kier molecular flexibility index (Phi) is 3.69. The summed E-state index contributed by atoms with van der Waals surface area (Å²) in [4.78, 5) is 8.75. The molecule has 1 aromatic heterocycles. The normalized spacial score (nSPS) is 10.5. The average molecular weight is 257 g/mol. The second kappa shape index (κ2) is 5.26. The van der Waals surface area contributed by atoms with Crippen LogP contribution in [0.3, 0.4) is 0 Å². The maximum atomic E-state index is 5.84. The molecule has 0 radical (unpaired) electrons. The van der Waals surface area contributed by atoms with E-state index in [0.29, 0.717) is 5.82 Å². The summed E-state index contributed by atoms with van der Waals surface area (Å²) in [7, 11) is 1.68. The van der Waals surface area contributed by atoms with Gasteiger partial charge in [-0.25, -0.2) is 9.97 Å². The van der Waals surface area contributed by atoms with Gasteiger partial charge in [0.2, 0.25) is 0 Å². The molecule has 2 aromatic rings. The fourth-order valence-electron chi connectivity index (χ4n) is 2.10. The third kappa shape index (κ3) is 2.67. The van der Waals surface area contributed by atoms with E-state index in [9.17, 15) is 0 Å². The number of ether oxygens (including phenoxy) is 1. The van der Waals surface area contributed by atoms with Crippen LogP contribution in [0.5, 0.6) is 5.75 Å². The first-order valence-electron chi connectivity index (χ1n) is 6.34. The van der Waals surface area contributed by atoms with Crippen LogP contribution in [0.4, 0.5) is 5.82 Å². The number of nitrogens with two attached hydrogens (primary N) is 1. The Hall–Kier alpha value is -2.10. The van der Waals surface area contributed by atoms with Gasteiger partial charge in [-0.05, 0) is 37.1 Å². The Morgan fingerprint density at radius 2 is 1.84 bits per heavy atom. The predicted molar refractivity (Wildman–Crippen MR) is 77.3 cm³/mol. The number of aromatic nitrogens is 2. The van der Waals surface area contributed by atoms with Gasteiger partial charge in [0.25, 0.3) is 0 Å². The lowest BCUT2D eigenvalue weighted by molar-refractivity contribution is 0.411. The van der Waals surface area contributed by atoms with E-state index in [1.54, 1.807) is 7.11 Å². The molecule has 1 heterocycles. The summed E-state index contributed by atoms with van der Waals surface area (Å²) < 4.78 is 5.33. The van der Waals surface area contributed by atoms with Crippen molar-refractivity contribution in [2.24, 2.45) is 0 Å². The molecule has 1 aromatic carbocycles. The van der Waals surface area contributed by atoms with Gasteiger partial charge >= 0.3 is 0 Å². The van der Waals surface area contributed by atoms with Gasteiger partial charge in [-0.2, -0.15) is 0 Å². The highest BCUT2D eigenvalue weighted by molar-refractivity contribution is 5.68. The Labute approximate surface area is 113 Å². The molecule has 19 heavy (non-hydrogen) atoms. The summed E-state index contributed by atoms with van der Waals surface area (Å²) >= 11 is 0. The standard InChI is InChI=1S/C15H19N3O/c1-5-15-17-12(8-14(16)18-15)11-6-10(3)13(19-4)7-9(11)2/h6-8H,5H2,1-4H3,(H2,16,17,18). The molecule has 0 fully saturated rings. The first-order valence-corrected chi connectivity index (χ1v) is 6.34. The predicted octanol–water partition coefficient (Wildman–Crippen LogP) is 2.91. The van der Waals surface area contributed by atoms with Crippen LogP contribution < -0.4 is 10.5 Å². The largest absolute Gasteiger partial charge is 0.496 e. The summed E-state index contributed by atoms with van der Waals surface area (Å²) in [5.74, 6) is 2.16. The van der Waals surface area contributed by atoms with E-state index in [1.807, 2.05) is 32.9 Å². The molecule has 0 spiro atoms. The van der Waals surface area contributed by atoms with Crippen molar-refractivity contribution in [2.75, 3.05) is 12.8 Å². The summed E-state index contributed by atoms with van der Waals surface area (Å²) in [6, 6.07) is 5.91. The Morgan fingerprint density at radius 3 is 2.47 bits per heavy atom. The summed E-state index contributed by atoms with van der Waals surface area (Å²) in [5.41, 5.74) is 9.98. The van der Waals surface area contributed by atoms with E-state index in [2.05, 4.69) is 16.0 Å². The summed E-state index contributed by atoms with van der Waals surface area (Å²) in [6.45, 7) is 6.08. The number of anilines is 1. The average Bonchev–Trinajstić information content (AvgIpc) is 2.40. The van der Waals surface area contributed by atoms with Crippen molar-refractivity contribution >= 4 is 5.82 Å². The SMILES string of the molecule is CCc1nc(N)cc(-c2cc(C)c(OC)cc2C)n1. The van der Waals surface area contributed by atoms with Crippen LogP contribution in [0.25, 0.3) is 11.3 Å². The van der Waals surface area contributed by atoms with E-state index in [-0.39, 0.29) is 0 Å². The topological polar surface area (TPSA) is 61.0 Å². The Bertz CT molecular complexity index is 609. The van der Waals surface area contributed by atoms with Gasteiger partial charge in [0.15, 0.2) is 0 Å². The molecule has 0 aliphatic heterocycles. The third-order valence-electron chi connectivity index (χ3n) is 3.13. The van der Waals surface area contributed by atoms with Crippen LogP contribution in [-0.2, 0) is 6.42 Å². The first-order chi connectivity index (χ1) is 9.05. The maximum absolute atomic E-state index is 5.84. The second-order valence-electron chi connectivity index (χ2n) is 4.58. The first kappa shape index (κ1) is 13.3. The molecular formula is C15H19N3O. The van der Waals surface area contributed by atoms with Gasteiger partial charge in [-0.15, -0.1) is 0 Å². The summed E-state index contributed by atoms with van der Waals surface area (Å²) in [5, 5.41) is 0. The highest BCUT2D eigenvalue weighted by Gasteiger charge is 2.10. The minimum absolute atomic E-state index is 0.509. The number of aryl methyl sites for hydroxylation is 3. The molecule has 2 N–H and O–H groups in total. The zero-order valence-electron chi connectivity index (χ0n) is 11.8.